The normalized spacial score (nSPS) is 10.9. The number of nitrogens with two attached hydrogens (primary N) is 1. The smallest absolute Gasteiger partial charge is 0.274 e. The molecular weight excluding hydrogens is 418 g/mol. The van der Waals surface area contributed by atoms with Crippen molar-refractivity contribution < 1.29 is 14.4 Å². The predicted octanol–water partition coefficient (Wildman–Crippen LogP) is 3.65. The summed E-state index contributed by atoms with van der Waals surface area (Å²) in [4.78, 5) is 41.0. The Bertz CT molecular complexity index is 1420. The Kier molecular flexibility index (Phi) is 5.74. The first kappa shape index (κ1) is 21.9. The molecule has 8 nitrogen and oxygen atoms in total. The first-order valence-corrected chi connectivity index (χ1v) is 10.4. The van der Waals surface area contributed by atoms with Crippen molar-refractivity contribution in [1.82, 2.24) is 14.8 Å². The second kappa shape index (κ2) is 8.66. The highest BCUT2D eigenvalue weighted by Crippen LogP contribution is 2.23. The number of ketones is 1. The molecule has 2 aromatic carbocycles. The van der Waals surface area contributed by atoms with E-state index in [0.717, 1.165) is 11.3 Å². The molecule has 2 heterocycles. The third-order valence-corrected chi connectivity index (χ3v) is 5.50. The van der Waals surface area contributed by atoms with Crippen LogP contribution in [0.25, 0.3) is 10.9 Å². The van der Waals surface area contributed by atoms with Crippen LogP contribution in [0.15, 0.2) is 54.6 Å². The van der Waals surface area contributed by atoms with Gasteiger partial charge in [0.15, 0.2) is 5.78 Å². The molecule has 166 valence electrons. The summed E-state index contributed by atoms with van der Waals surface area (Å²) >= 11 is 0. The largest absolute Gasteiger partial charge is 0.366 e. The van der Waals surface area contributed by atoms with Crippen LogP contribution in [0.4, 0.5) is 5.69 Å². The highest BCUT2D eigenvalue weighted by atomic mass is 16.2. The minimum atomic E-state index is -0.629. The Morgan fingerprint density at radius 2 is 1.79 bits per heavy atom. The number of carbonyl (C=O) groups excluding carboxylic acids is 3. The average Bonchev–Trinajstić information content (AvgIpc) is 3.05. The molecule has 4 aromatic rings. The van der Waals surface area contributed by atoms with Gasteiger partial charge in [0.2, 0.25) is 5.91 Å². The van der Waals surface area contributed by atoms with Gasteiger partial charge in [-0.15, -0.1) is 0 Å². The number of hydrogen-bond acceptors (Lipinski definition) is 5. The quantitative estimate of drug-likeness (QED) is 0.443. The van der Waals surface area contributed by atoms with E-state index in [-0.39, 0.29) is 17.0 Å². The second-order valence-electron chi connectivity index (χ2n) is 7.85. The van der Waals surface area contributed by atoms with Gasteiger partial charge in [-0.25, -0.2) is 4.98 Å². The van der Waals surface area contributed by atoms with Crippen molar-refractivity contribution in [3.05, 3.63) is 88.4 Å². The van der Waals surface area contributed by atoms with E-state index in [1.54, 1.807) is 41.9 Å². The molecule has 0 bridgehead atoms. The summed E-state index contributed by atoms with van der Waals surface area (Å²) < 4.78 is 1.77. The molecule has 3 N–H and O–H groups in total. The lowest BCUT2D eigenvalue weighted by Gasteiger charge is -2.09. The van der Waals surface area contributed by atoms with E-state index in [9.17, 15) is 14.4 Å². The van der Waals surface area contributed by atoms with E-state index < -0.39 is 11.8 Å². The summed E-state index contributed by atoms with van der Waals surface area (Å²) in [5.74, 6) is -1.10. The van der Waals surface area contributed by atoms with Crippen LogP contribution >= 0.6 is 0 Å². The second-order valence-corrected chi connectivity index (χ2v) is 7.85. The molecule has 0 aliphatic carbocycles. The van der Waals surface area contributed by atoms with Crippen molar-refractivity contribution in [2.45, 2.75) is 27.3 Å². The van der Waals surface area contributed by atoms with Gasteiger partial charge < -0.3 is 11.1 Å². The topological polar surface area (TPSA) is 120 Å². The van der Waals surface area contributed by atoms with Gasteiger partial charge in [-0.05, 0) is 44.5 Å². The zero-order valence-electron chi connectivity index (χ0n) is 18.5. The highest BCUT2D eigenvalue weighted by Gasteiger charge is 2.19. The first-order chi connectivity index (χ1) is 15.7. The van der Waals surface area contributed by atoms with E-state index in [4.69, 9.17) is 5.73 Å². The van der Waals surface area contributed by atoms with Crippen LogP contribution in [-0.2, 0) is 6.54 Å². The van der Waals surface area contributed by atoms with Crippen LogP contribution in [0, 0.1) is 13.8 Å². The number of nitrogens with zero attached hydrogens (tertiary/aromatic N) is 3. The van der Waals surface area contributed by atoms with Gasteiger partial charge in [0.1, 0.15) is 5.69 Å². The number of carbonyl (C=O) groups is 3. The van der Waals surface area contributed by atoms with Gasteiger partial charge in [0.05, 0.1) is 34.7 Å². The molecule has 0 spiro atoms. The zero-order chi connectivity index (χ0) is 23.7. The average molecular weight is 441 g/mol. The Hall–Kier alpha value is -4.33. The van der Waals surface area contributed by atoms with Crippen LogP contribution < -0.4 is 11.1 Å². The maximum Gasteiger partial charge on any atom is 0.274 e. The molecule has 8 heteroatoms. The van der Waals surface area contributed by atoms with Crippen molar-refractivity contribution in [3.63, 3.8) is 0 Å². The Balaban J connectivity index is 1.63. The number of amides is 2. The molecule has 4 rings (SSSR count). The SMILES string of the molecule is CC(=O)c1cccc(Cn2nc(C)c(NC(=O)c3cc(C(N)=O)c4ccccc4n3)c2C)c1. The molecule has 0 aliphatic rings. The van der Waals surface area contributed by atoms with Crippen LogP contribution in [0.5, 0.6) is 0 Å². The van der Waals surface area contributed by atoms with Gasteiger partial charge in [-0.3, -0.25) is 19.1 Å². The van der Waals surface area contributed by atoms with Crippen LogP contribution in [-0.4, -0.2) is 32.4 Å². The minimum absolute atomic E-state index is 0.00335. The minimum Gasteiger partial charge on any atom is -0.366 e. The monoisotopic (exact) mass is 441 g/mol. The summed E-state index contributed by atoms with van der Waals surface area (Å²) in [6.07, 6.45) is 0. The first-order valence-electron chi connectivity index (χ1n) is 10.4. The number of para-hydroxylation sites is 1. The molecule has 0 saturated heterocycles. The molecule has 0 atom stereocenters. The third kappa shape index (κ3) is 4.36. The number of pyridine rings is 1. The van der Waals surface area contributed by atoms with Gasteiger partial charge >= 0.3 is 0 Å². The van der Waals surface area contributed by atoms with Gasteiger partial charge in [0.25, 0.3) is 5.91 Å². The maximum absolute atomic E-state index is 13.0. The van der Waals surface area contributed by atoms with Gasteiger partial charge in [0, 0.05) is 10.9 Å². The lowest BCUT2D eigenvalue weighted by molar-refractivity contribution is 0.0997. The number of aromatic nitrogens is 3. The summed E-state index contributed by atoms with van der Waals surface area (Å²) in [5, 5.41) is 8.01. The van der Waals surface area contributed by atoms with Gasteiger partial charge in [-0.1, -0.05) is 36.4 Å². The number of nitrogens with one attached hydrogen (secondary N) is 1. The van der Waals surface area contributed by atoms with Crippen molar-refractivity contribution >= 4 is 34.2 Å². The summed E-state index contributed by atoms with van der Waals surface area (Å²) in [5.41, 5.74) is 9.87. The molecule has 2 amide bonds. The number of fused-ring (bicyclic) bond motifs is 1. The van der Waals surface area contributed by atoms with E-state index in [1.165, 1.54) is 13.0 Å². The number of rotatable bonds is 6. The number of benzene rings is 2. The third-order valence-electron chi connectivity index (χ3n) is 5.50. The number of anilines is 1. The number of primary amides is 1. The number of aryl methyl sites for hydroxylation is 1. The van der Waals surface area contributed by atoms with Gasteiger partial charge in [-0.2, -0.15) is 5.10 Å². The fraction of sp³-hybridized carbons (Fsp3) is 0.160. The van der Waals surface area contributed by atoms with E-state index in [1.807, 2.05) is 25.1 Å². The molecule has 0 fully saturated rings. The number of Topliss-reactive ketones (excluding diaryl/α,β-unsaturated/α-hetero) is 1. The van der Waals surface area contributed by atoms with Crippen LogP contribution in [0.1, 0.15) is 55.1 Å². The lowest BCUT2D eigenvalue weighted by atomic mass is 10.1. The highest BCUT2D eigenvalue weighted by molar-refractivity contribution is 6.10. The Morgan fingerprint density at radius 3 is 2.52 bits per heavy atom. The standard InChI is InChI=1S/C25H23N5O3/c1-14-23(15(2)30(29-14)13-17-7-6-8-18(11-17)16(3)31)28-25(33)22-12-20(24(26)32)19-9-4-5-10-21(19)27-22/h4-12H,13H2,1-3H3,(H2,26,32)(H,28,33). The van der Waals surface area contributed by atoms with E-state index >= 15 is 0 Å². The fourth-order valence-corrected chi connectivity index (χ4v) is 3.77. The molecule has 2 aromatic heterocycles. The van der Waals surface area contributed by atoms with Crippen LogP contribution in [0.3, 0.4) is 0 Å². The van der Waals surface area contributed by atoms with Crippen LogP contribution in [0.2, 0.25) is 0 Å². The summed E-state index contributed by atoms with van der Waals surface area (Å²) in [6.45, 7) is 5.63. The number of hydrogen-bond donors (Lipinski definition) is 2. The Morgan fingerprint density at radius 1 is 1.03 bits per heavy atom. The molecule has 33 heavy (non-hydrogen) atoms. The lowest BCUT2D eigenvalue weighted by Crippen LogP contribution is -2.18. The molecule has 0 unspecified atom stereocenters. The zero-order valence-corrected chi connectivity index (χ0v) is 18.5. The molecular formula is C25H23N5O3. The van der Waals surface area contributed by atoms with E-state index in [2.05, 4.69) is 15.4 Å². The van der Waals surface area contributed by atoms with E-state index in [0.29, 0.717) is 34.4 Å². The Labute approximate surface area is 190 Å². The fourth-order valence-electron chi connectivity index (χ4n) is 3.77. The maximum atomic E-state index is 13.0. The van der Waals surface area contributed by atoms with Crippen molar-refractivity contribution in [3.8, 4) is 0 Å². The molecule has 0 radical (unpaired) electrons. The predicted molar refractivity (Wildman–Crippen MR) is 125 cm³/mol. The van der Waals surface area contributed by atoms with Crippen molar-refractivity contribution in [2.75, 3.05) is 5.32 Å². The van der Waals surface area contributed by atoms with Crippen molar-refractivity contribution in [1.29, 1.82) is 0 Å². The molecule has 0 saturated carbocycles. The van der Waals surface area contributed by atoms with Crippen molar-refractivity contribution in [2.24, 2.45) is 5.73 Å². The summed E-state index contributed by atoms with van der Waals surface area (Å²) in [6, 6.07) is 15.8. The summed E-state index contributed by atoms with van der Waals surface area (Å²) in [7, 11) is 0. The molecule has 0 aliphatic heterocycles.